The lowest BCUT2D eigenvalue weighted by Crippen LogP contribution is -2.10. The normalized spacial score (nSPS) is 10.4. The van der Waals surface area contributed by atoms with Crippen molar-refractivity contribution in [2.24, 2.45) is 5.84 Å². The minimum Gasteiger partial charge on any atom is -0.496 e. The molecule has 19 heavy (non-hydrogen) atoms. The Balaban J connectivity index is 2.62. The zero-order valence-corrected chi connectivity index (χ0v) is 11.6. The zero-order valence-electron chi connectivity index (χ0n) is 11.6. The van der Waals surface area contributed by atoms with Crippen molar-refractivity contribution in [2.75, 3.05) is 12.5 Å². The molecule has 3 N–H and O–H groups in total. The van der Waals surface area contributed by atoms with Crippen LogP contribution in [0.1, 0.15) is 16.7 Å². The van der Waals surface area contributed by atoms with Crippen molar-refractivity contribution >= 4 is 5.95 Å². The maximum absolute atomic E-state index is 5.43. The molecule has 0 aliphatic rings. The second kappa shape index (κ2) is 5.24. The van der Waals surface area contributed by atoms with Crippen molar-refractivity contribution in [1.29, 1.82) is 0 Å². The van der Waals surface area contributed by atoms with E-state index < -0.39 is 0 Å². The van der Waals surface area contributed by atoms with E-state index in [1.807, 2.05) is 19.9 Å². The third kappa shape index (κ3) is 2.37. The maximum Gasteiger partial charge on any atom is 0.237 e. The predicted molar refractivity (Wildman–Crippen MR) is 76.0 cm³/mol. The largest absolute Gasteiger partial charge is 0.496 e. The van der Waals surface area contributed by atoms with Gasteiger partial charge in [0.25, 0.3) is 0 Å². The number of rotatable bonds is 3. The highest BCUT2D eigenvalue weighted by Gasteiger charge is 2.13. The summed E-state index contributed by atoms with van der Waals surface area (Å²) < 4.78 is 5.43. The van der Waals surface area contributed by atoms with Crippen LogP contribution in [0.2, 0.25) is 0 Å². The molecule has 2 rings (SSSR count). The van der Waals surface area contributed by atoms with Crippen LogP contribution in [0.4, 0.5) is 5.95 Å². The first-order valence-corrected chi connectivity index (χ1v) is 6.03. The third-order valence-corrected chi connectivity index (χ3v) is 3.29. The van der Waals surface area contributed by atoms with Gasteiger partial charge in [-0.05, 0) is 49.6 Å². The number of benzene rings is 1. The number of hydrogen-bond donors (Lipinski definition) is 2. The number of nitrogens with zero attached hydrogens (tertiary/aromatic N) is 2. The highest BCUT2D eigenvalue weighted by molar-refractivity contribution is 5.69. The van der Waals surface area contributed by atoms with Crippen molar-refractivity contribution in [3.8, 4) is 17.0 Å². The number of anilines is 1. The average molecular weight is 258 g/mol. The van der Waals surface area contributed by atoms with Gasteiger partial charge in [-0.1, -0.05) is 0 Å². The number of aromatic nitrogens is 2. The molecule has 0 spiro atoms. The van der Waals surface area contributed by atoms with E-state index in [4.69, 9.17) is 10.6 Å². The zero-order chi connectivity index (χ0) is 14.0. The van der Waals surface area contributed by atoms with Gasteiger partial charge in [-0.3, -0.25) is 5.43 Å². The monoisotopic (exact) mass is 258 g/mol. The van der Waals surface area contributed by atoms with Gasteiger partial charge in [-0.15, -0.1) is 0 Å². The molecule has 0 aliphatic carbocycles. The maximum atomic E-state index is 5.43. The Bertz CT molecular complexity index is 611. The van der Waals surface area contributed by atoms with E-state index in [0.717, 1.165) is 33.7 Å². The van der Waals surface area contributed by atoms with E-state index in [1.165, 1.54) is 0 Å². The quantitative estimate of drug-likeness (QED) is 0.653. The second-order valence-corrected chi connectivity index (χ2v) is 4.43. The van der Waals surface area contributed by atoms with Crippen molar-refractivity contribution in [1.82, 2.24) is 9.97 Å². The number of ether oxygens (including phenoxy) is 1. The van der Waals surface area contributed by atoms with Gasteiger partial charge in [0.15, 0.2) is 0 Å². The molecule has 1 heterocycles. The lowest BCUT2D eigenvalue weighted by molar-refractivity contribution is 0.408. The first-order chi connectivity index (χ1) is 9.08. The van der Waals surface area contributed by atoms with Crippen LogP contribution in [0.15, 0.2) is 18.3 Å². The van der Waals surface area contributed by atoms with Gasteiger partial charge in [0.2, 0.25) is 5.95 Å². The molecule has 5 nitrogen and oxygen atoms in total. The number of aryl methyl sites for hydroxylation is 1. The Morgan fingerprint density at radius 2 is 1.95 bits per heavy atom. The fourth-order valence-electron chi connectivity index (χ4n) is 2.22. The minimum atomic E-state index is 0.406. The summed E-state index contributed by atoms with van der Waals surface area (Å²) in [4.78, 5) is 8.39. The van der Waals surface area contributed by atoms with E-state index in [-0.39, 0.29) is 0 Å². The summed E-state index contributed by atoms with van der Waals surface area (Å²) in [5.74, 6) is 6.67. The lowest BCUT2D eigenvalue weighted by Gasteiger charge is -2.15. The summed E-state index contributed by atoms with van der Waals surface area (Å²) >= 11 is 0. The van der Waals surface area contributed by atoms with E-state index in [9.17, 15) is 0 Å². The summed E-state index contributed by atoms with van der Waals surface area (Å²) in [5.41, 5.74) is 7.72. The Morgan fingerprint density at radius 3 is 2.58 bits per heavy atom. The molecule has 0 saturated carbocycles. The first kappa shape index (κ1) is 13.3. The number of methoxy groups -OCH3 is 1. The number of nitrogens with two attached hydrogens (primary N) is 1. The lowest BCUT2D eigenvalue weighted by atomic mass is 9.96. The highest BCUT2D eigenvalue weighted by atomic mass is 16.5. The van der Waals surface area contributed by atoms with E-state index in [1.54, 1.807) is 13.3 Å². The van der Waals surface area contributed by atoms with Crippen LogP contribution in [-0.4, -0.2) is 17.1 Å². The Hall–Kier alpha value is -2.14. The van der Waals surface area contributed by atoms with Crippen molar-refractivity contribution < 1.29 is 4.74 Å². The average Bonchev–Trinajstić information content (AvgIpc) is 2.43. The van der Waals surface area contributed by atoms with Gasteiger partial charge in [0, 0.05) is 11.8 Å². The summed E-state index contributed by atoms with van der Waals surface area (Å²) in [6.07, 6.45) is 1.69. The molecule has 2 aromatic rings. The van der Waals surface area contributed by atoms with Crippen LogP contribution in [-0.2, 0) is 0 Å². The molecular weight excluding hydrogens is 240 g/mol. The molecule has 1 aromatic carbocycles. The Labute approximate surface area is 112 Å². The number of nitrogens with one attached hydrogen (secondary N) is 1. The molecule has 0 amide bonds. The minimum absolute atomic E-state index is 0.406. The van der Waals surface area contributed by atoms with Crippen molar-refractivity contribution in [2.45, 2.75) is 20.8 Å². The Morgan fingerprint density at radius 1 is 1.21 bits per heavy atom. The van der Waals surface area contributed by atoms with Crippen LogP contribution in [0.5, 0.6) is 5.75 Å². The molecule has 0 aliphatic heterocycles. The van der Waals surface area contributed by atoms with Crippen LogP contribution >= 0.6 is 0 Å². The van der Waals surface area contributed by atoms with Crippen LogP contribution in [0.3, 0.4) is 0 Å². The first-order valence-electron chi connectivity index (χ1n) is 6.03. The Kier molecular flexibility index (Phi) is 3.66. The fraction of sp³-hybridized carbons (Fsp3) is 0.286. The molecule has 1 aromatic heterocycles. The molecule has 100 valence electrons. The van der Waals surface area contributed by atoms with Crippen LogP contribution in [0, 0.1) is 20.8 Å². The number of hydrogen-bond acceptors (Lipinski definition) is 5. The summed E-state index contributed by atoms with van der Waals surface area (Å²) in [5, 5.41) is 0. The molecule has 0 saturated heterocycles. The third-order valence-electron chi connectivity index (χ3n) is 3.29. The molecule has 0 bridgehead atoms. The SMILES string of the molecule is COc1c(C)cc(-c2ccnc(NN)n2)c(C)c1C. The summed E-state index contributed by atoms with van der Waals surface area (Å²) in [6.45, 7) is 6.14. The highest BCUT2D eigenvalue weighted by Crippen LogP contribution is 2.33. The number of hydrazine groups is 1. The van der Waals surface area contributed by atoms with Gasteiger partial charge in [0.1, 0.15) is 5.75 Å². The molecule has 0 unspecified atom stereocenters. The summed E-state index contributed by atoms with van der Waals surface area (Å²) in [6, 6.07) is 3.94. The van der Waals surface area contributed by atoms with E-state index in [0.29, 0.717) is 5.95 Å². The van der Waals surface area contributed by atoms with Gasteiger partial charge in [-0.25, -0.2) is 15.8 Å². The fourth-order valence-corrected chi connectivity index (χ4v) is 2.22. The van der Waals surface area contributed by atoms with Gasteiger partial charge in [-0.2, -0.15) is 0 Å². The van der Waals surface area contributed by atoms with E-state index >= 15 is 0 Å². The van der Waals surface area contributed by atoms with Crippen LogP contribution < -0.4 is 16.0 Å². The summed E-state index contributed by atoms with van der Waals surface area (Å²) in [7, 11) is 1.69. The van der Waals surface area contributed by atoms with Gasteiger partial charge in [0.05, 0.1) is 12.8 Å². The van der Waals surface area contributed by atoms with Crippen molar-refractivity contribution in [3.63, 3.8) is 0 Å². The molecule has 0 atom stereocenters. The standard InChI is InChI=1S/C14H18N4O/c1-8-7-11(9(2)10(3)13(8)19-4)12-5-6-16-14(17-12)18-15/h5-7H,15H2,1-4H3,(H,16,17,18). The van der Waals surface area contributed by atoms with Crippen molar-refractivity contribution in [3.05, 3.63) is 35.0 Å². The molecule has 5 heteroatoms. The van der Waals surface area contributed by atoms with Gasteiger partial charge < -0.3 is 4.74 Å². The smallest absolute Gasteiger partial charge is 0.237 e. The molecule has 0 fully saturated rings. The molecule has 0 radical (unpaired) electrons. The molecular formula is C14H18N4O. The number of nitrogen functional groups attached to an aromatic ring is 1. The second-order valence-electron chi connectivity index (χ2n) is 4.43. The van der Waals surface area contributed by atoms with Crippen LogP contribution in [0.25, 0.3) is 11.3 Å². The van der Waals surface area contributed by atoms with Gasteiger partial charge >= 0.3 is 0 Å². The van der Waals surface area contributed by atoms with E-state index in [2.05, 4.69) is 28.4 Å². The predicted octanol–water partition coefficient (Wildman–Crippen LogP) is 2.36. The topological polar surface area (TPSA) is 73.1 Å².